The van der Waals surface area contributed by atoms with Crippen LogP contribution in [-0.4, -0.2) is 68.3 Å². The Morgan fingerprint density at radius 2 is 2.16 bits per heavy atom. The smallest absolute Gasteiger partial charge is 0.319 e. The highest BCUT2D eigenvalue weighted by molar-refractivity contribution is 5.74. The highest BCUT2D eigenvalue weighted by atomic mass is 16.5. The lowest BCUT2D eigenvalue weighted by Gasteiger charge is -2.27. The summed E-state index contributed by atoms with van der Waals surface area (Å²) in [7, 11) is 0. The average Bonchev–Trinajstić information content (AvgIpc) is 2.44. The number of ether oxygens (including phenoxy) is 1. The van der Waals surface area contributed by atoms with E-state index in [2.05, 4.69) is 28.0 Å². The minimum Gasteiger partial charge on any atom is -0.379 e. The number of carbonyl (C=O) groups is 1. The summed E-state index contributed by atoms with van der Waals surface area (Å²) in [4.78, 5) is 15.7. The van der Waals surface area contributed by atoms with Crippen molar-refractivity contribution in [2.75, 3.05) is 52.5 Å². The molecule has 0 aromatic heterocycles. The van der Waals surface area contributed by atoms with Crippen molar-refractivity contribution in [2.24, 2.45) is 0 Å². The molecule has 0 saturated carbocycles. The van der Waals surface area contributed by atoms with E-state index in [1.165, 1.54) is 4.90 Å². The maximum Gasteiger partial charge on any atom is 0.319 e. The molecule has 0 aromatic carbocycles. The van der Waals surface area contributed by atoms with Gasteiger partial charge in [0.25, 0.3) is 0 Å². The molecule has 0 spiro atoms. The Balaban J connectivity index is 2.26. The summed E-state index contributed by atoms with van der Waals surface area (Å²) in [6.07, 6.45) is 5.24. The van der Waals surface area contributed by atoms with Crippen LogP contribution in [0.15, 0.2) is 0 Å². The molecule has 0 bridgehead atoms. The summed E-state index contributed by atoms with van der Waals surface area (Å²) < 4.78 is 5.27. The average molecular weight is 263 g/mol. The van der Waals surface area contributed by atoms with Gasteiger partial charge in [-0.05, 0) is 6.92 Å². The van der Waals surface area contributed by atoms with E-state index >= 15 is 0 Å². The van der Waals surface area contributed by atoms with Gasteiger partial charge in [-0.15, -0.1) is 12.3 Å². The second-order valence-electron chi connectivity index (χ2n) is 4.17. The third kappa shape index (κ3) is 6.15. The summed E-state index contributed by atoms with van der Waals surface area (Å²) in [5.41, 5.74) is 0. The van der Waals surface area contributed by atoms with Gasteiger partial charge >= 0.3 is 6.03 Å². The summed E-state index contributed by atoms with van der Waals surface area (Å²) in [6, 6.07) is -0.158. The number of amides is 2. The maximum absolute atomic E-state index is 11.9. The fourth-order valence-corrected chi connectivity index (χ4v) is 1.74. The molecule has 1 saturated heterocycles. The molecular weight excluding hydrogens is 242 g/mol. The maximum atomic E-state index is 11.9. The minimum atomic E-state index is -0.158. The predicted octanol–water partition coefficient (Wildman–Crippen LogP) is -0.0133. The fraction of sp³-hybridized carbons (Fsp3) is 0.643. The third-order valence-electron chi connectivity index (χ3n) is 2.82. The Kier molecular flexibility index (Phi) is 7.50. The van der Waals surface area contributed by atoms with Crippen LogP contribution < -0.4 is 5.32 Å². The van der Waals surface area contributed by atoms with Gasteiger partial charge in [-0.2, -0.15) is 0 Å². The molecule has 1 heterocycles. The second kappa shape index (κ2) is 9.27. The summed E-state index contributed by atoms with van der Waals surface area (Å²) in [6.45, 7) is 7.20. The Morgan fingerprint density at radius 1 is 1.42 bits per heavy atom. The van der Waals surface area contributed by atoms with E-state index in [9.17, 15) is 4.79 Å². The lowest BCUT2D eigenvalue weighted by molar-refractivity contribution is 0.0386. The van der Waals surface area contributed by atoms with Crippen molar-refractivity contribution in [3.63, 3.8) is 0 Å². The van der Waals surface area contributed by atoms with Gasteiger partial charge in [0.2, 0.25) is 0 Å². The number of rotatable bonds is 5. The van der Waals surface area contributed by atoms with Crippen molar-refractivity contribution in [2.45, 2.75) is 6.92 Å². The van der Waals surface area contributed by atoms with Gasteiger partial charge in [-0.25, -0.2) is 4.79 Å². The molecule has 1 fully saturated rings. The van der Waals surface area contributed by atoms with Crippen LogP contribution in [0.2, 0.25) is 0 Å². The lowest BCUT2D eigenvalue weighted by atomic mass is 10.4. The largest absolute Gasteiger partial charge is 0.379 e. The Bertz CT molecular complexity index is 372. The van der Waals surface area contributed by atoms with E-state index in [-0.39, 0.29) is 12.6 Å². The molecule has 5 heteroatoms. The van der Waals surface area contributed by atoms with Crippen molar-refractivity contribution < 1.29 is 9.53 Å². The number of morpholine rings is 1. The van der Waals surface area contributed by atoms with E-state index in [4.69, 9.17) is 11.2 Å². The summed E-state index contributed by atoms with van der Waals surface area (Å²) in [5, 5.41) is 2.86. The number of carbonyl (C=O) groups excluding carboxylic acids is 1. The van der Waals surface area contributed by atoms with Gasteiger partial charge in [-0.3, -0.25) is 4.90 Å². The number of hydrogen-bond donors (Lipinski definition) is 1. The Labute approximate surface area is 115 Å². The zero-order valence-electron chi connectivity index (χ0n) is 11.4. The molecule has 19 heavy (non-hydrogen) atoms. The van der Waals surface area contributed by atoms with Crippen molar-refractivity contribution in [3.8, 4) is 24.2 Å². The highest BCUT2D eigenvalue weighted by Crippen LogP contribution is 1.95. The van der Waals surface area contributed by atoms with Crippen molar-refractivity contribution in [3.05, 3.63) is 0 Å². The molecule has 104 valence electrons. The van der Waals surface area contributed by atoms with E-state index in [0.29, 0.717) is 13.1 Å². The van der Waals surface area contributed by atoms with Crippen LogP contribution in [0, 0.1) is 24.2 Å². The number of nitrogens with zero attached hydrogens (tertiary/aromatic N) is 2. The molecule has 0 radical (unpaired) electrons. The van der Waals surface area contributed by atoms with Crippen LogP contribution in [0.25, 0.3) is 0 Å². The number of hydrogen-bond acceptors (Lipinski definition) is 3. The van der Waals surface area contributed by atoms with Crippen LogP contribution in [0.4, 0.5) is 4.79 Å². The van der Waals surface area contributed by atoms with Crippen molar-refractivity contribution in [1.82, 2.24) is 15.1 Å². The van der Waals surface area contributed by atoms with Crippen LogP contribution in [0.1, 0.15) is 6.92 Å². The zero-order chi connectivity index (χ0) is 13.9. The predicted molar refractivity (Wildman–Crippen MR) is 74.5 cm³/mol. The van der Waals surface area contributed by atoms with E-state index in [1.807, 2.05) is 0 Å². The Morgan fingerprint density at radius 3 is 2.79 bits per heavy atom. The molecule has 1 aliphatic rings. The number of urea groups is 1. The first-order valence-electron chi connectivity index (χ1n) is 6.44. The molecule has 1 aliphatic heterocycles. The first-order valence-corrected chi connectivity index (χ1v) is 6.44. The van der Waals surface area contributed by atoms with E-state index in [0.717, 1.165) is 32.8 Å². The molecule has 1 N–H and O–H groups in total. The second-order valence-corrected chi connectivity index (χ2v) is 4.17. The monoisotopic (exact) mass is 263 g/mol. The third-order valence-corrected chi connectivity index (χ3v) is 2.82. The topological polar surface area (TPSA) is 44.8 Å². The van der Waals surface area contributed by atoms with Gasteiger partial charge in [0.1, 0.15) is 0 Å². The molecule has 0 aliphatic carbocycles. The molecule has 0 aromatic rings. The van der Waals surface area contributed by atoms with Gasteiger partial charge in [0, 0.05) is 26.2 Å². The molecule has 1 rings (SSSR count). The molecule has 2 amide bonds. The quantitative estimate of drug-likeness (QED) is 0.709. The van der Waals surface area contributed by atoms with Crippen molar-refractivity contribution >= 4 is 6.03 Å². The molecule has 5 nitrogen and oxygen atoms in total. The van der Waals surface area contributed by atoms with E-state index in [1.54, 1.807) is 6.92 Å². The van der Waals surface area contributed by atoms with Crippen molar-refractivity contribution in [1.29, 1.82) is 0 Å². The SMILES string of the molecule is C#CCN(CC#CC)C(=O)NCCN1CCOCC1. The number of terminal acetylenes is 1. The normalized spacial score (nSPS) is 14.9. The highest BCUT2D eigenvalue weighted by Gasteiger charge is 2.12. The fourth-order valence-electron chi connectivity index (χ4n) is 1.74. The molecule has 0 atom stereocenters. The first-order chi connectivity index (χ1) is 9.27. The summed E-state index contributed by atoms with van der Waals surface area (Å²) in [5.74, 6) is 8.07. The Hall–Kier alpha value is -1.69. The van der Waals surface area contributed by atoms with Gasteiger partial charge in [0.15, 0.2) is 0 Å². The summed E-state index contributed by atoms with van der Waals surface area (Å²) >= 11 is 0. The molecular formula is C14H21N3O2. The standard InChI is InChI=1S/C14H21N3O2/c1-3-5-8-17(7-4-2)14(18)15-6-9-16-10-12-19-13-11-16/h2H,6-13H2,1H3,(H,15,18). The molecule has 0 unspecified atom stereocenters. The van der Waals surface area contributed by atoms with Gasteiger partial charge < -0.3 is 15.0 Å². The van der Waals surface area contributed by atoms with Crippen LogP contribution in [0.3, 0.4) is 0 Å². The minimum absolute atomic E-state index is 0.158. The van der Waals surface area contributed by atoms with Gasteiger partial charge in [-0.1, -0.05) is 11.8 Å². The van der Waals surface area contributed by atoms with E-state index < -0.39 is 0 Å². The first kappa shape index (κ1) is 15.4. The van der Waals surface area contributed by atoms with Crippen LogP contribution in [-0.2, 0) is 4.74 Å². The zero-order valence-corrected chi connectivity index (χ0v) is 11.4. The number of nitrogens with one attached hydrogen (secondary N) is 1. The van der Waals surface area contributed by atoms with Crippen LogP contribution >= 0.6 is 0 Å². The van der Waals surface area contributed by atoms with Crippen LogP contribution in [0.5, 0.6) is 0 Å². The lowest BCUT2D eigenvalue weighted by Crippen LogP contribution is -2.45. The van der Waals surface area contributed by atoms with Gasteiger partial charge in [0.05, 0.1) is 26.3 Å².